The Bertz CT molecular complexity index is 1040. The summed E-state index contributed by atoms with van der Waals surface area (Å²) in [5, 5.41) is 19.5. The fourth-order valence-corrected chi connectivity index (χ4v) is 6.63. The third-order valence-electron chi connectivity index (χ3n) is 8.39. The maximum atomic E-state index is 10.8. The van der Waals surface area contributed by atoms with Crippen LogP contribution in [0.3, 0.4) is 0 Å². The number of carbonyl (C=O) groups is 1. The largest absolute Gasteiger partial charge is 0.478 e. The SMILES string of the molecule is C=C1/C(=C/C=C2/CCCC3(C)C(C(C)C/C=C/C(=O)O)=CCC23)CC(O)CC1c1ccccc1. The number of allylic oxidation sites excluding steroid dienone is 7. The van der Waals surface area contributed by atoms with E-state index < -0.39 is 5.97 Å². The quantitative estimate of drug-likeness (QED) is 0.352. The fraction of sp³-hybridized carbons (Fsp3) is 0.452. The summed E-state index contributed by atoms with van der Waals surface area (Å²) < 4.78 is 0. The van der Waals surface area contributed by atoms with Crippen molar-refractivity contribution in [3.8, 4) is 0 Å². The average Bonchev–Trinajstić information content (AvgIpc) is 3.17. The lowest BCUT2D eigenvalue weighted by Crippen LogP contribution is -2.32. The van der Waals surface area contributed by atoms with Crippen LogP contribution in [0.5, 0.6) is 0 Å². The van der Waals surface area contributed by atoms with Crippen LogP contribution in [-0.2, 0) is 4.79 Å². The molecule has 3 aliphatic carbocycles. The zero-order valence-corrected chi connectivity index (χ0v) is 20.5. The average molecular weight is 459 g/mol. The molecule has 0 aromatic heterocycles. The van der Waals surface area contributed by atoms with E-state index >= 15 is 0 Å². The zero-order chi connectivity index (χ0) is 24.3. The number of carboxylic acid groups (broad SMARTS) is 1. The molecule has 0 bridgehead atoms. The number of hydrogen-bond donors (Lipinski definition) is 2. The van der Waals surface area contributed by atoms with Crippen molar-refractivity contribution in [3.05, 3.63) is 95.1 Å². The summed E-state index contributed by atoms with van der Waals surface area (Å²) in [4.78, 5) is 10.8. The van der Waals surface area contributed by atoms with Gasteiger partial charge in [-0.2, -0.15) is 0 Å². The lowest BCUT2D eigenvalue weighted by Gasteiger charge is -2.42. The summed E-state index contributed by atoms with van der Waals surface area (Å²) in [6.07, 6.45) is 16.4. The number of carboxylic acids is 1. The third kappa shape index (κ3) is 5.05. The molecule has 1 aromatic rings. The highest BCUT2D eigenvalue weighted by Crippen LogP contribution is 2.57. The van der Waals surface area contributed by atoms with Crippen LogP contribution in [0.4, 0.5) is 0 Å². The Balaban J connectivity index is 1.52. The van der Waals surface area contributed by atoms with E-state index in [1.165, 1.54) is 41.2 Å². The molecule has 5 unspecified atom stereocenters. The summed E-state index contributed by atoms with van der Waals surface area (Å²) >= 11 is 0. The van der Waals surface area contributed by atoms with Crippen LogP contribution in [0.2, 0.25) is 0 Å². The van der Waals surface area contributed by atoms with E-state index in [9.17, 15) is 9.90 Å². The van der Waals surface area contributed by atoms with Gasteiger partial charge in [0.05, 0.1) is 6.10 Å². The first-order valence-electron chi connectivity index (χ1n) is 12.7. The van der Waals surface area contributed by atoms with E-state index in [2.05, 4.69) is 62.9 Å². The Morgan fingerprint density at radius 3 is 2.76 bits per heavy atom. The minimum absolute atomic E-state index is 0.148. The predicted molar refractivity (Wildman–Crippen MR) is 138 cm³/mol. The first-order valence-corrected chi connectivity index (χ1v) is 12.7. The lowest BCUT2D eigenvalue weighted by molar-refractivity contribution is -0.131. The van der Waals surface area contributed by atoms with Gasteiger partial charge in [0.1, 0.15) is 0 Å². The highest BCUT2D eigenvalue weighted by Gasteiger charge is 2.45. The minimum Gasteiger partial charge on any atom is -0.478 e. The molecule has 0 saturated heterocycles. The molecule has 4 rings (SSSR count). The van der Waals surface area contributed by atoms with Gasteiger partial charge in [0.2, 0.25) is 0 Å². The molecule has 0 heterocycles. The van der Waals surface area contributed by atoms with Crippen molar-refractivity contribution >= 4 is 5.97 Å². The van der Waals surface area contributed by atoms with Gasteiger partial charge in [-0.25, -0.2) is 4.79 Å². The molecule has 0 aliphatic heterocycles. The second-order valence-corrected chi connectivity index (χ2v) is 10.6. The molecule has 0 amide bonds. The predicted octanol–water partition coefficient (Wildman–Crippen LogP) is 7.14. The number of fused-ring (bicyclic) bond motifs is 1. The van der Waals surface area contributed by atoms with Crippen molar-refractivity contribution in [1.29, 1.82) is 0 Å². The number of hydrogen-bond acceptors (Lipinski definition) is 2. The Morgan fingerprint density at radius 1 is 1.26 bits per heavy atom. The van der Waals surface area contributed by atoms with Crippen molar-refractivity contribution in [2.45, 2.75) is 70.8 Å². The smallest absolute Gasteiger partial charge is 0.327 e. The molecule has 2 saturated carbocycles. The van der Waals surface area contributed by atoms with Crippen LogP contribution in [0.25, 0.3) is 0 Å². The van der Waals surface area contributed by atoms with Crippen molar-refractivity contribution in [2.24, 2.45) is 17.3 Å². The topological polar surface area (TPSA) is 57.5 Å². The molecule has 2 fully saturated rings. The van der Waals surface area contributed by atoms with Gasteiger partial charge in [0, 0.05) is 12.0 Å². The maximum Gasteiger partial charge on any atom is 0.327 e. The Kier molecular flexibility index (Phi) is 7.42. The molecule has 3 aliphatic rings. The number of aliphatic hydroxyl groups is 1. The van der Waals surface area contributed by atoms with E-state index in [0.29, 0.717) is 18.3 Å². The first-order chi connectivity index (χ1) is 16.3. The molecular weight excluding hydrogens is 420 g/mol. The Labute approximate surface area is 204 Å². The second kappa shape index (κ2) is 10.3. The number of aliphatic hydroxyl groups excluding tert-OH is 1. The Hall–Kier alpha value is -2.65. The molecule has 3 nitrogen and oxygen atoms in total. The van der Waals surface area contributed by atoms with Crippen LogP contribution in [0.1, 0.15) is 70.3 Å². The summed E-state index contributed by atoms with van der Waals surface area (Å²) in [5.74, 6) is 0.149. The normalized spacial score (nSPS) is 32.7. The van der Waals surface area contributed by atoms with Gasteiger partial charge in [0.25, 0.3) is 0 Å². The molecule has 34 heavy (non-hydrogen) atoms. The van der Waals surface area contributed by atoms with Crippen LogP contribution in [0.15, 0.2) is 89.6 Å². The molecule has 0 spiro atoms. The molecule has 5 atom stereocenters. The summed E-state index contributed by atoms with van der Waals surface area (Å²) in [6.45, 7) is 9.07. The Morgan fingerprint density at radius 2 is 2.03 bits per heavy atom. The van der Waals surface area contributed by atoms with E-state index in [-0.39, 0.29) is 17.4 Å². The molecule has 3 heteroatoms. The molecule has 1 aromatic carbocycles. The van der Waals surface area contributed by atoms with Gasteiger partial charge in [-0.1, -0.05) is 86.2 Å². The highest BCUT2D eigenvalue weighted by atomic mass is 16.4. The van der Waals surface area contributed by atoms with Gasteiger partial charge in [0.15, 0.2) is 0 Å². The zero-order valence-electron chi connectivity index (χ0n) is 20.5. The van der Waals surface area contributed by atoms with Gasteiger partial charge in [-0.3, -0.25) is 0 Å². The molecule has 0 radical (unpaired) electrons. The standard InChI is InChI=1S/C31H38O3/c1-21(9-7-13-30(33)34)28-16-17-29-24(12-8-18-31(28,29)3)14-15-25-19-26(32)20-27(22(25)2)23-10-5-4-6-11-23/h4-7,10-11,13-16,21,26-27,29,32H,2,8-9,12,17-20H2,1,3H3,(H,33,34)/b13-7+,24-14-,25-15+. The van der Waals surface area contributed by atoms with Gasteiger partial charge >= 0.3 is 5.97 Å². The monoisotopic (exact) mass is 458 g/mol. The fourth-order valence-electron chi connectivity index (χ4n) is 6.63. The van der Waals surface area contributed by atoms with Crippen molar-refractivity contribution in [1.82, 2.24) is 0 Å². The summed E-state index contributed by atoms with van der Waals surface area (Å²) in [7, 11) is 0. The van der Waals surface area contributed by atoms with Crippen molar-refractivity contribution in [3.63, 3.8) is 0 Å². The van der Waals surface area contributed by atoms with Crippen molar-refractivity contribution < 1.29 is 15.0 Å². The number of rotatable bonds is 6. The van der Waals surface area contributed by atoms with Crippen LogP contribution in [0, 0.1) is 17.3 Å². The van der Waals surface area contributed by atoms with Crippen molar-refractivity contribution in [2.75, 3.05) is 0 Å². The summed E-state index contributed by atoms with van der Waals surface area (Å²) in [5.41, 5.74) is 6.68. The van der Waals surface area contributed by atoms with E-state index in [1.54, 1.807) is 6.08 Å². The van der Waals surface area contributed by atoms with E-state index in [1.807, 2.05) is 6.07 Å². The molecular formula is C31H38O3. The third-order valence-corrected chi connectivity index (χ3v) is 8.39. The van der Waals surface area contributed by atoms with Gasteiger partial charge in [-0.05, 0) is 78.9 Å². The minimum atomic E-state index is -0.878. The highest BCUT2D eigenvalue weighted by molar-refractivity contribution is 5.79. The van der Waals surface area contributed by atoms with Gasteiger partial charge < -0.3 is 10.2 Å². The molecule has 180 valence electrons. The van der Waals surface area contributed by atoms with E-state index in [4.69, 9.17) is 5.11 Å². The van der Waals surface area contributed by atoms with Crippen LogP contribution >= 0.6 is 0 Å². The van der Waals surface area contributed by atoms with Crippen LogP contribution in [-0.4, -0.2) is 22.3 Å². The van der Waals surface area contributed by atoms with Gasteiger partial charge in [-0.15, -0.1) is 0 Å². The number of aliphatic carboxylic acids is 1. The first kappa shape index (κ1) is 24.5. The maximum absolute atomic E-state index is 10.8. The van der Waals surface area contributed by atoms with E-state index in [0.717, 1.165) is 31.3 Å². The summed E-state index contributed by atoms with van der Waals surface area (Å²) in [6, 6.07) is 10.4. The lowest BCUT2D eigenvalue weighted by atomic mass is 9.62. The van der Waals surface area contributed by atoms with Crippen LogP contribution < -0.4 is 0 Å². The molecule has 2 N–H and O–H groups in total. The second-order valence-electron chi connectivity index (χ2n) is 10.6. The number of benzene rings is 1.